The van der Waals surface area contributed by atoms with Crippen LogP contribution in [0.4, 0.5) is 0 Å². The van der Waals surface area contributed by atoms with Crippen molar-refractivity contribution in [2.24, 2.45) is 5.73 Å². The zero-order valence-corrected chi connectivity index (χ0v) is 32.5. The van der Waals surface area contributed by atoms with Crippen LogP contribution in [0.1, 0.15) is 129 Å². The van der Waals surface area contributed by atoms with Crippen LogP contribution in [0, 0.1) is 0 Å². The average molecular weight is 752 g/mol. The molecule has 0 bridgehead atoms. The Kier molecular flexibility index (Phi) is 32.9. The lowest BCUT2D eigenvalue weighted by molar-refractivity contribution is -0.160. The fourth-order valence-electron chi connectivity index (χ4n) is 4.49. The summed E-state index contributed by atoms with van der Waals surface area (Å²) in [6, 6.07) is -1.54. The number of ether oxygens (including phenoxy) is 2. The molecule has 0 fully saturated rings. The summed E-state index contributed by atoms with van der Waals surface area (Å²) in [6.07, 6.45) is 40.1. The van der Waals surface area contributed by atoms with Crippen molar-refractivity contribution < 1.29 is 47.5 Å². The third kappa shape index (κ3) is 34.0. The lowest BCUT2D eigenvalue weighted by Crippen LogP contribution is -2.34. The molecule has 0 aromatic rings. The molecule has 3 unspecified atom stereocenters. The number of phosphoric acid groups is 1. The number of hydrogen-bond acceptors (Lipinski definition) is 9. The van der Waals surface area contributed by atoms with Gasteiger partial charge in [-0.3, -0.25) is 23.4 Å². The minimum Gasteiger partial charge on any atom is -0.480 e. The van der Waals surface area contributed by atoms with E-state index in [1.165, 1.54) is 25.7 Å². The molecule has 0 aromatic heterocycles. The smallest absolute Gasteiger partial charge is 0.472 e. The summed E-state index contributed by atoms with van der Waals surface area (Å²) in [5, 5.41) is 8.85. The molecule has 0 rings (SSSR count). The van der Waals surface area contributed by atoms with Crippen LogP contribution < -0.4 is 5.73 Å². The van der Waals surface area contributed by atoms with Gasteiger partial charge in [-0.05, 0) is 64.2 Å². The third-order valence-corrected chi connectivity index (χ3v) is 8.42. The van der Waals surface area contributed by atoms with E-state index < -0.39 is 57.7 Å². The SMILES string of the molecule is CC/C=C\C/C=C\C/C=C\C/C=C\C/C=C\CC(=O)OC(COC(=O)CCCCCCC/C=C\CCCCCC)COP(=O)(O)OCC(N)C(=O)O. The van der Waals surface area contributed by atoms with E-state index in [0.717, 1.165) is 64.2 Å². The van der Waals surface area contributed by atoms with Gasteiger partial charge in [0, 0.05) is 6.42 Å². The molecule has 0 amide bonds. The predicted molar refractivity (Wildman–Crippen MR) is 207 cm³/mol. The molecule has 0 aromatic carbocycles. The molecule has 0 aliphatic carbocycles. The Morgan fingerprint density at radius 1 is 0.635 bits per heavy atom. The van der Waals surface area contributed by atoms with Crippen LogP contribution in [-0.2, 0) is 37.5 Å². The quantitative estimate of drug-likeness (QED) is 0.0248. The van der Waals surface area contributed by atoms with Crippen molar-refractivity contribution in [3.05, 3.63) is 72.9 Å². The number of carbonyl (C=O) groups excluding carboxylic acids is 2. The molecule has 12 heteroatoms. The number of allylic oxidation sites excluding steroid dienone is 11. The number of unbranched alkanes of at least 4 members (excludes halogenated alkanes) is 9. The molecule has 0 aliphatic heterocycles. The first kappa shape index (κ1) is 48.9. The van der Waals surface area contributed by atoms with E-state index in [1.807, 2.05) is 18.2 Å². The molecule has 0 aliphatic rings. The third-order valence-electron chi connectivity index (χ3n) is 7.47. The van der Waals surface area contributed by atoms with Crippen molar-refractivity contribution in [3.8, 4) is 0 Å². The highest BCUT2D eigenvalue weighted by molar-refractivity contribution is 7.47. The molecular formula is C40H66NO10P. The van der Waals surface area contributed by atoms with Gasteiger partial charge in [0.1, 0.15) is 12.6 Å². The summed E-state index contributed by atoms with van der Waals surface area (Å²) in [6.45, 7) is 2.53. The molecule has 4 N–H and O–H groups in total. The number of esters is 2. The Hall–Kier alpha value is -3.08. The molecule has 0 radical (unpaired) electrons. The van der Waals surface area contributed by atoms with Crippen LogP contribution in [0.3, 0.4) is 0 Å². The topological polar surface area (TPSA) is 172 Å². The highest BCUT2D eigenvalue weighted by Gasteiger charge is 2.28. The van der Waals surface area contributed by atoms with Crippen molar-refractivity contribution in [2.75, 3.05) is 19.8 Å². The van der Waals surface area contributed by atoms with Gasteiger partial charge in [0.05, 0.1) is 19.6 Å². The number of carboxylic acid groups (broad SMARTS) is 1. The van der Waals surface area contributed by atoms with E-state index in [0.29, 0.717) is 12.8 Å². The van der Waals surface area contributed by atoms with Crippen LogP contribution in [0.25, 0.3) is 0 Å². The monoisotopic (exact) mass is 751 g/mol. The first-order valence-electron chi connectivity index (χ1n) is 19.0. The Bertz CT molecular complexity index is 1160. The number of hydrogen-bond donors (Lipinski definition) is 3. The Labute approximate surface area is 312 Å². The lowest BCUT2D eigenvalue weighted by Gasteiger charge is -2.20. The normalized spacial score (nSPS) is 14.7. The maximum atomic E-state index is 12.5. The van der Waals surface area contributed by atoms with Crippen LogP contribution in [-0.4, -0.2) is 59.9 Å². The van der Waals surface area contributed by atoms with Gasteiger partial charge in [-0.25, -0.2) is 4.57 Å². The Morgan fingerprint density at radius 3 is 1.69 bits per heavy atom. The first-order chi connectivity index (χ1) is 25.1. The van der Waals surface area contributed by atoms with Crippen molar-refractivity contribution >= 4 is 25.7 Å². The molecule has 11 nitrogen and oxygen atoms in total. The van der Waals surface area contributed by atoms with E-state index in [-0.39, 0.29) is 12.8 Å². The van der Waals surface area contributed by atoms with Gasteiger partial charge >= 0.3 is 25.7 Å². The molecule has 0 saturated carbocycles. The second-order valence-corrected chi connectivity index (χ2v) is 13.8. The van der Waals surface area contributed by atoms with E-state index in [1.54, 1.807) is 6.08 Å². The highest BCUT2D eigenvalue weighted by atomic mass is 31.2. The molecular weight excluding hydrogens is 685 g/mol. The first-order valence-corrected chi connectivity index (χ1v) is 20.5. The number of rotatable bonds is 34. The number of carboxylic acids is 1. The summed E-state index contributed by atoms with van der Waals surface area (Å²) in [5.74, 6) is -2.56. The van der Waals surface area contributed by atoms with Crippen LogP contribution >= 0.6 is 7.82 Å². The maximum Gasteiger partial charge on any atom is 0.472 e. The zero-order chi connectivity index (χ0) is 38.5. The minimum atomic E-state index is -4.74. The van der Waals surface area contributed by atoms with Gasteiger partial charge in [0.15, 0.2) is 6.10 Å². The fourth-order valence-corrected chi connectivity index (χ4v) is 5.26. The standard InChI is InChI=1S/C40H66NO10P/c1-3-5-7-9-11-13-15-17-18-20-22-24-26-28-30-32-39(43)51-36(34-49-52(46,47)50-35-37(41)40(44)45)33-48-38(42)31-29-27-25-23-21-19-16-14-12-10-8-6-4-2/h5,7,11,13-14,16-18,22,24,28,30,36-37H,3-4,6,8-10,12,15,19-21,23,25-27,29,31-35,41H2,1-2H3,(H,44,45)(H,46,47)/b7-5-,13-11-,16-14-,18-17-,24-22-,30-28-. The lowest BCUT2D eigenvalue weighted by atomic mass is 10.1. The number of phosphoric ester groups is 1. The average Bonchev–Trinajstić information content (AvgIpc) is 3.12. The van der Waals surface area contributed by atoms with E-state index in [4.69, 9.17) is 24.8 Å². The Morgan fingerprint density at radius 2 is 1.13 bits per heavy atom. The van der Waals surface area contributed by atoms with Gasteiger partial charge in [-0.15, -0.1) is 0 Å². The summed E-state index contributed by atoms with van der Waals surface area (Å²) in [7, 11) is -4.74. The molecule has 0 spiro atoms. The van der Waals surface area contributed by atoms with Crippen molar-refractivity contribution in [1.82, 2.24) is 0 Å². The summed E-state index contributed by atoms with van der Waals surface area (Å²) in [4.78, 5) is 45.7. The van der Waals surface area contributed by atoms with Gasteiger partial charge in [0.25, 0.3) is 0 Å². The largest absolute Gasteiger partial charge is 0.480 e. The molecule has 296 valence electrons. The van der Waals surface area contributed by atoms with Crippen LogP contribution in [0.15, 0.2) is 72.9 Å². The summed E-state index contributed by atoms with van der Waals surface area (Å²) >= 11 is 0. The molecule has 0 heterocycles. The number of nitrogens with two attached hydrogens (primary N) is 1. The number of carbonyl (C=O) groups is 3. The highest BCUT2D eigenvalue weighted by Crippen LogP contribution is 2.43. The van der Waals surface area contributed by atoms with Gasteiger partial charge in [-0.1, -0.05) is 125 Å². The molecule has 0 saturated heterocycles. The van der Waals surface area contributed by atoms with Gasteiger partial charge < -0.3 is 25.2 Å². The summed E-state index contributed by atoms with van der Waals surface area (Å²) in [5.41, 5.74) is 5.31. The predicted octanol–water partition coefficient (Wildman–Crippen LogP) is 9.39. The second-order valence-electron chi connectivity index (χ2n) is 12.3. The maximum absolute atomic E-state index is 12.5. The molecule has 3 atom stereocenters. The second kappa shape index (κ2) is 35.0. The van der Waals surface area contributed by atoms with E-state index >= 15 is 0 Å². The fraction of sp³-hybridized carbons (Fsp3) is 0.625. The van der Waals surface area contributed by atoms with Crippen LogP contribution in [0.2, 0.25) is 0 Å². The minimum absolute atomic E-state index is 0.0759. The summed E-state index contributed by atoms with van der Waals surface area (Å²) < 4.78 is 32.4. The van der Waals surface area contributed by atoms with Gasteiger partial charge in [-0.2, -0.15) is 0 Å². The van der Waals surface area contributed by atoms with Crippen molar-refractivity contribution in [2.45, 2.75) is 142 Å². The Balaban J connectivity index is 4.63. The van der Waals surface area contributed by atoms with Crippen molar-refractivity contribution in [3.63, 3.8) is 0 Å². The van der Waals surface area contributed by atoms with Crippen molar-refractivity contribution in [1.29, 1.82) is 0 Å². The van der Waals surface area contributed by atoms with E-state index in [9.17, 15) is 23.8 Å². The van der Waals surface area contributed by atoms with Gasteiger partial charge in [0.2, 0.25) is 0 Å². The van der Waals surface area contributed by atoms with E-state index in [2.05, 4.69) is 67.0 Å². The number of aliphatic carboxylic acids is 1. The van der Waals surface area contributed by atoms with Crippen LogP contribution in [0.5, 0.6) is 0 Å². The zero-order valence-electron chi connectivity index (χ0n) is 31.6. The molecule has 52 heavy (non-hydrogen) atoms.